The molecule has 0 saturated carbocycles. The van der Waals surface area contributed by atoms with E-state index < -0.39 is 0 Å². The van der Waals surface area contributed by atoms with Crippen molar-refractivity contribution in [2.45, 2.75) is 26.4 Å². The quantitative estimate of drug-likeness (QED) is 0.803. The molecule has 0 aromatic carbocycles. The van der Waals surface area contributed by atoms with Crippen molar-refractivity contribution in [1.29, 1.82) is 0 Å². The van der Waals surface area contributed by atoms with Gasteiger partial charge in [-0.05, 0) is 6.26 Å². The van der Waals surface area contributed by atoms with Crippen LogP contribution in [0, 0.1) is 0 Å². The summed E-state index contributed by atoms with van der Waals surface area (Å²) in [4.78, 5) is 11.0. The second kappa shape index (κ2) is 7.50. The summed E-state index contributed by atoms with van der Waals surface area (Å²) >= 11 is 1.84. The second-order valence-corrected chi connectivity index (χ2v) is 5.30. The molecule has 0 aliphatic carbocycles. The monoisotopic (exact) mass is 254 g/mol. The molecule has 0 aliphatic heterocycles. The molecular formula is C12H22N4S. The number of hydrogen-bond acceptors (Lipinski definition) is 5. The van der Waals surface area contributed by atoms with Crippen LogP contribution < -0.4 is 10.2 Å². The third-order valence-electron chi connectivity index (χ3n) is 2.41. The SMILES string of the molecule is CSCCN(C)c1cnc(CNC(C)C)cn1. The highest BCUT2D eigenvalue weighted by Gasteiger charge is 2.03. The van der Waals surface area contributed by atoms with E-state index in [0.29, 0.717) is 6.04 Å². The summed E-state index contributed by atoms with van der Waals surface area (Å²) in [5.41, 5.74) is 0.987. The lowest BCUT2D eigenvalue weighted by Crippen LogP contribution is -2.24. The van der Waals surface area contributed by atoms with E-state index in [4.69, 9.17) is 0 Å². The largest absolute Gasteiger partial charge is 0.358 e. The molecule has 0 radical (unpaired) electrons. The van der Waals surface area contributed by atoms with E-state index in [1.807, 2.05) is 31.2 Å². The Morgan fingerprint density at radius 3 is 2.65 bits per heavy atom. The molecule has 0 amide bonds. The molecule has 96 valence electrons. The van der Waals surface area contributed by atoms with E-state index in [2.05, 4.69) is 40.3 Å². The van der Waals surface area contributed by atoms with Gasteiger partial charge in [-0.15, -0.1) is 0 Å². The molecule has 1 rings (SSSR count). The number of hydrogen-bond donors (Lipinski definition) is 1. The first-order valence-electron chi connectivity index (χ1n) is 5.88. The predicted molar refractivity (Wildman–Crippen MR) is 75.7 cm³/mol. The van der Waals surface area contributed by atoms with E-state index >= 15 is 0 Å². The molecule has 0 spiro atoms. The summed E-state index contributed by atoms with van der Waals surface area (Å²) < 4.78 is 0. The molecule has 17 heavy (non-hydrogen) atoms. The zero-order chi connectivity index (χ0) is 12.7. The Kier molecular flexibility index (Phi) is 6.29. The Morgan fingerprint density at radius 1 is 1.35 bits per heavy atom. The van der Waals surface area contributed by atoms with Crippen LogP contribution >= 0.6 is 11.8 Å². The average molecular weight is 254 g/mol. The van der Waals surface area contributed by atoms with Crippen LogP contribution in [0.4, 0.5) is 5.82 Å². The van der Waals surface area contributed by atoms with E-state index in [-0.39, 0.29) is 0 Å². The molecule has 0 unspecified atom stereocenters. The van der Waals surface area contributed by atoms with Crippen LogP contribution in [0.15, 0.2) is 12.4 Å². The van der Waals surface area contributed by atoms with E-state index in [9.17, 15) is 0 Å². The van der Waals surface area contributed by atoms with E-state index in [0.717, 1.165) is 30.4 Å². The molecule has 1 heterocycles. The minimum atomic E-state index is 0.473. The third kappa shape index (κ3) is 5.37. The van der Waals surface area contributed by atoms with Gasteiger partial charge in [-0.1, -0.05) is 13.8 Å². The molecule has 1 aromatic heterocycles. The van der Waals surface area contributed by atoms with Gasteiger partial charge in [0.2, 0.25) is 0 Å². The van der Waals surface area contributed by atoms with E-state index in [1.54, 1.807) is 0 Å². The van der Waals surface area contributed by atoms with Gasteiger partial charge < -0.3 is 10.2 Å². The van der Waals surface area contributed by atoms with E-state index in [1.165, 1.54) is 0 Å². The van der Waals surface area contributed by atoms with Crippen molar-refractivity contribution < 1.29 is 0 Å². The zero-order valence-corrected chi connectivity index (χ0v) is 11.9. The summed E-state index contributed by atoms with van der Waals surface area (Å²) in [6.45, 7) is 6.02. The maximum Gasteiger partial charge on any atom is 0.146 e. The molecule has 5 heteroatoms. The molecule has 4 nitrogen and oxygen atoms in total. The van der Waals surface area contributed by atoms with Gasteiger partial charge in [0.15, 0.2) is 0 Å². The highest BCUT2D eigenvalue weighted by atomic mass is 32.2. The summed E-state index contributed by atoms with van der Waals surface area (Å²) in [6.07, 6.45) is 5.80. The predicted octanol–water partition coefficient (Wildman–Crippen LogP) is 1.77. The van der Waals surface area contributed by atoms with Gasteiger partial charge >= 0.3 is 0 Å². The van der Waals surface area contributed by atoms with Crippen LogP contribution in [0.1, 0.15) is 19.5 Å². The fourth-order valence-corrected chi connectivity index (χ4v) is 1.74. The number of nitrogens with one attached hydrogen (secondary N) is 1. The lowest BCUT2D eigenvalue weighted by atomic mass is 10.3. The van der Waals surface area contributed by atoms with Crippen LogP contribution in [0.25, 0.3) is 0 Å². The average Bonchev–Trinajstić information content (AvgIpc) is 2.34. The first-order valence-corrected chi connectivity index (χ1v) is 7.27. The van der Waals surface area contributed by atoms with Gasteiger partial charge in [0.05, 0.1) is 18.1 Å². The van der Waals surface area contributed by atoms with Gasteiger partial charge in [0.1, 0.15) is 5.82 Å². The first-order chi connectivity index (χ1) is 8.13. The van der Waals surface area contributed by atoms with Crippen molar-refractivity contribution in [1.82, 2.24) is 15.3 Å². The Hall–Kier alpha value is -0.810. The molecule has 0 atom stereocenters. The van der Waals surface area contributed by atoms with Gasteiger partial charge in [-0.2, -0.15) is 11.8 Å². The maximum atomic E-state index is 4.42. The third-order valence-corrected chi connectivity index (χ3v) is 3.00. The Balaban J connectivity index is 2.49. The Labute approximate surface area is 108 Å². The smallest absolute Gasteiger partial charge is 0.146 e. The topological polar surface area (TPSA) is 41.1 Å². The van der Waals surface area contributed by atoms with Crippen molar-refractivity contribution in [2.75, 3.05) is 30.5 Å². The molecule has 0 fully saturated rings. The minimum absolute atomic E-state index is 0.473. The number of nitrogens with zero attached hydrogens (tertiary/aromatic N) is 3. The summed E-state index contributed by atoms with van der Waals surface area (Å²) in [6, 6.07) is 0.473. The number of anilines is 1. The number of aromatic nitrogens is 2. The second-order valence-electron chi connectivity index (χ2n) is 4.32. The maximum absolute atomic E-state index is 4.42. The molecule has 0 bridgehead atoms. The first kappa shape index (κ1) is 14.3. The van der Waals surface area contributed by atoms with Crippen LogP contribution in [0.2, 0.25) is 0 Å². The highest BCUT2D eigenvalue weighted by molar-refractivity contribution is 7.98. The van der Waals surface area contributed by atoms with Crippen molar-refractivity contribution >= 4 is 17.6 Å². The van der Waals surface area contributed by atoms with Crippen LogP contribution in [0.5, 0.6) is 0 Å². The van der Waals surface area contributed by atoms with Crippen LogP contribution in [0.3, 0.4) is 0 Å². The van der Waals surface area contributed by atoms with Gasteiger partial charge in [0.25, 0.3) is 0 Å². The van der Waals surface area contributed by atoms with Crippen LogP contribution in [-0.4, -0.2) is 41.6 Å². The van der Waals surface area contributed by atoms with Gasteiger partial charge in [-0.25, -0.2) is 4.98 Å². The van der Waals surface area contributed by atoms with Crippen molar-refractivity contribution in [2.24, 2.45) is 0 Å². The number of thioether (sulfide) groups is 1. The van der Waals surface area contributed by atoms with Crippen molar-refractivity contribution in [3.05, 3.63) is 18.1 Å². The Bertz CT molecular complexity index is 313. The standard InChI is InChI=1S/C12H22N4S/c1-10(2)13-7-11-8-15-12(9-14-11)16(3)5-6-17-4/h8-10,13H,5-7H2,1-4H3. The fraction of sp³-hybridized carbons (Fsp3) is 0.667. The molecule has 0 saturated heterocycles. The summed E-state index contributed by atoms with van der Waals surface area (Å²) in [7, 11) is 2.05. The lowest BCUT2D eigenvalue weighted by molar-refractivity contribution is 0.580. The van der Waals surface area contributed by atoms with Crippen LogP contribution in [-0.2, 0) is 6.54 Å². The normalized spacial score (nSPS) is 10.9. The lowest BCUT2D eigenvalue weighted by Gasteiger charge is -2.17. The highest BCUT2D eigenvalue weighted by Crippen LogP contribution is 2.07. The zero-order valence-electron chi connectivity index (χ0n) is 11.1. The van der Waals surface area contributed by atoms with Crippen molar-refractivity contribution in [3.8, 4) is 0 Å². The molecule has 1 N–H and O–H groups in total. The number of rotatable bonds is 7. The summed E-state index contributed by atoms with van der Waals surface area (Å²) in [5.74, 6) is 2.04. The molecule has 1 aromatic rings. The van der Waals surface area contributed by atoms with Gasteiger partial charge in [0, 0.05) is 31.9 Å². The molecule has 0 aliphatic rings. The van der Waals surface area contributed by atoms with Gasteiger partial charge in [-0.3, -0.25) is 4.98 Å². The fourth-order valence-electron chi connectivity index (χ4n) is 1.29. The minimum Gasteiger partial charge on any atom is -0.358 e. The summed E-state index contributed by atoms with van der Waals surface area (Å²) in [5, 5.41) is 3.33. The molecular weight excluding hydrogens is 232 g/mol. The Morgan fingerprint density at radius 2 is 2.12 bits per heavy atom. The van der Waals surface area contributed by atoms with Crippen molar-refractivity contribution in [3.63, 3.8) is 0 Å².